The molecule has 0 saturated heterocycles. The minimum atomic E-state index is -0.340. The monoisotopic (exact) mass is 411 g/mol. The van der Waals surface area contributed by atoms with E-state index in [-0.39, 0.29) is 11.4 Å². The van der Waals surface area contributed by atoms with E-state index in [1.807, 2.05) is 0 Å². The number of aromatic nitrogens is 2. The second kappa shape index (κ2) is 7.07. The number of para-hydroxylation sites is 1. The summed E-state index contributed by atoms with van der Waals surface area (Å²) >= 11 is 0. The summed E-state index contributed by atoms with van der Waals surface area (Å²) in [6, 6.07) is 18.2. The molecule has 2 heterocycles. The highest BCUT2D eigenvalue weighted by Crippen LogP contribution is 2.30. The Hall–Kier alpha value is -4.51. The number of anilines is 2. The molecule has 0 bridgehead atoms. The third-order valence-corrected chi connectivity index (χ3v) is 5.04. The lowest BCUT2D eigenvalue weighted by Gasteiger charge is -2.11. The number of halogens is 1. The standard InChI is InChI=1S/C23H14FN5O2/c1-31-28-21-17-11-13(12-25)5-10-19(17)29-22(21)27-20-16(23(29)30)3-2-4-18(20)26-15-8-6-14(24)7-9-15/h2-11,26H,1H3/b28-21-. The van der Waals surface area contributed by atoms with E-state index in [4.69, 9.17) is 9.82 Å². The van der Waals surface area contributed by atoms with E-state index in [0.717, 1.165) is 0 Å². The van der Waals surface area contributed by atoms with Gasteiger partial charge in [0.15, 0.2) is 11.5 Å². The van der Waals surface area contributed by atoms with Gasteiger partial charge in [0, 0.05) is 11.3 Å². The van der Waals surface area contributed by atoms with Gasteiger partial charge in [-0.1, -0.05) is 11.2 Å². The van der Waals surface area contributed by atoms with Crippen LogP contribution in [0.3, 0.4) is 0 Å². The lowest BCUT2D eigenvalue weighted by Crippen LogP contribution is -2.22. The fourth-order valence-corrected chi connectivity index (χ4v) is 3.67. The molecule has 0 spiro atoms. The maximum atomic E-state index is 13.4. The summed E-state index contributed by atoms with van der Waals surface area (Å²) in [7, 11) is 1.41. The molecule has 0 amide bonds. The van der Waals surface area contributed by atoms with E-state index in [0.29, 0.717) is 50.6 Å². The van der Waals surface area contributed by atoms with E-state index < -0.39 is 0 Å². The molecule has 0 aliphatic carbocycles. The number of oxime groups is 1. The number of nitrogens with zero attached hydrogens (tertiary/aromatic N) is 4. The predicted molar refractivity (Wildman–Crippen MR) is 114 cm³/mol. The average Bonchev–Trinajstić information content (AvgIpc) is 3.09. The highest BCUT2D eigenvalue weighted by molar-refractivity contribution is 6.17. The second-order valence-corrected chi connectivity index (χ2v) is 6.88. The maximum absolute atomic E-state index is 13.4. The van der Waals surface area contributed by atoms with Crippen LogP contribution in [0.25, 0.3) is 16.6 Å². The number of benzene rings is 3. The lowest BCUT2D eigenvalue weighted by atomic mass is 10.1. The SMILES string of the molecule is CO/N=C1/c2cc(C#N)ccc2-n2c1nc1c(Nc3ccc(F)cc3)cccc1c2=O. The lowest BCUT2D eigenvalue weighted by molar-refractivity contribution is 0.214. The van der Waals surface area contributed by atoms with Crippen LogP contribution in [0.2, 0.25) is 0 Å². The number of fused-ring (bicyclic) bond motifs is 4. The summed E-state index contributed by atoms with van der Waals surface area (Å²) < 4.78 is 14.7. The second-order valence-electron chi connectivity index (χ2n) is 6.88. The first kappa shape index (κ1) is 18.5. The van der Waals surface area contributed by atoms with Gasteiger partial charge in [-0.2, -0.15) is 5.26 Å². The molecule has 1 N–H and O–H groups in total. The first-order valence-corrected chi connectivity index (χ1v) is 9.35. The number of rotatable bonds is 3. The van der Waals surface area contributed by atoms with Crippen LogP contribution in [-0.4, -0.2) is 22.4 Å². The number of hydrogen-bond acceptors (Lipinski definition) is 6. The Morgan fingerprint density at radius 1 is 1.16 bits per heavy atom. The number of nitriles is 1. The molecule has 1 aliphatic heterocycles. The van der Waals surface area contributed by atoms with Gasteiger partial charge in [0.2, 0.25) is 0 Å². The van der Waals surface area contributed by atoms with Crippen LogP contribution in [0.4, 0.5) is 15.8 Å². The van der Waals surface area contributed by atoms with Gasteiger partial charge in [-0.05, 0) is 54.6 Å². The van der Waals surface area contributed by atoms with Gasteiger partial charge in [0.1, 0.15) is 18.4 Å². The molecule has 1 aliphatic rings. The number of hydrogen-bond donors (Lipinski definition) is 1. The Morgan fingerprint density at radius 2 is 1.97 bits per heavy atom. The summed E-state index contributed by atoms with van der Waals surface area (Å²) in [5, 5.41) is 16.9. The van der Waals surface area contributed by atoms with Gasteiger partial charge in [0.05, 0.1) is 28.4 Å². The van der Waals surface area contributed by atoms with Crippen LogP contribution in [0.5, 0.6) is 0 Å². The van der Waals surface area contributed by atoms with Crippen LogP contribution in [0, 0.1) is 17.1 Å². The maximum Gasteiger partial charge on any atom is 0.266 e. The van der Waals surface area contributed by atoms with Crippen molar-refractivity contribution in [2.75, 3.05) is 12.4 Å². The van der Waals surface area contributed by atoms with E-state index >= 15 is 0 Å². The van der Waals surface area contributed by atoms with Crippen molar-refractivity contribution < 1.29 is 9.23 Å². The molecular formula is C23H14FN5O2. The zero-order valence-corrected chi connectivity index (χ0v) is 16.3. The van der Waals surface area contributed by atoms with Crippen LogP contribution >= 0.6 is 0 Å². The van der Waals surface area contributed by atoms with Crippen molar-refractivity contribution in [2.45, 2.75) is 0 Å². The number of nitrogens with one attached hydrogen (secondary N) is 1. The Balaban J connectivity index is 1.75. The van der Waals surface area contributed by atoms with E-state index in [1.165, 1.54) is 23.8 Å². The van der Waals surface area contributed by atoms with Crippen LogP contribution in [0.1, 0.15) is 17.0 Å². The summed E-state index contributed by atoms with van der Waals surface area (Å²) in [5.41, 5.74) is 3.40. The van der Waals surface area contributed by atoms with Crippen LogP contribution in [0.15, 0.2) is 70.6 Å². The first-order valence-electron chi connectivity index (χ1n) is 9.35. The minimum absolute atomic E-state index is 0.269. The fraction of sp³-hybridized carbons (Fsp3) is 0.0435. The van der Waals surface area contributed by atoms with E-state index in [1.54, 1.807) is 48.5 Å². The molecule has 1 aromatic heterocycles. The van der Waals surface area contributed by atoms with Gasteiger partial charge in [-0.3, -0.25) is 9.36 Å². The average molecular weight is 411 g/mol. The summed E-state index contributed by atoms with van der Waals surface area (Å²) in [6.45, 7) is 0. The molecule has 0 unspecified atom stereocenters. The van der Waals surface area contributed by atoms with Gasteiger partial charge >= 0.3 is 0 Å². The Bertz CT molecular complexity index is 1480. The van der Waals surface area contributed by atoms with Crippen molar-refractivity contribution in [3.8, 4) is 11.8 Å². The Morgan fingerprint density at radius 3 is 2.71 bits per heavy atom. The molecule has 0 fully saturated rings. The van der Waals surface area contributed by atoms with Crippen molar-refractivity contribution >= 4 is 28.0 Å². The molecule has 3 aromatic carbocycles. The molecule has 5 rings (SSSR count). The largest absolute Gasteiger partial charge is 0.399 e. The predicted octanol–water partition coefficient (Wildman–Crippen LogP) is 3.85. The van der Waals surface area contributed by atoms with Crippen molar-refractivity contribution in [1.29, 1.82) is 5.26 Å². The van der Waals surface area contributed by atoms with Crippen molar-refractivity contribution in [2.24, 2.45) is 5.16 Å². The topological polar surface area (TPSA) is 92.3 Å². The summed E-state index contributed by atoms with van der Waals surface area (Å²) in [4.78, 5) is 23.2. The molecule has 0 atom stereocenters. The molecule has 0 radical (unpaired) electrons. The summed E-state index contributed by atoms with van der Waals surface area (Å²) in [5.74, 6) is -0.0228. The summed E-state index contributed by atoms with van der Waals surface area (Å²) in [6.07, 6.45) is 0. The quantitative estimate of drug-likeness (QED) is 0.455. The van der Waals surface area contributed by atoms with E-state index in [9.17, 15) is 14.4 Å². The molecule has 8 heteroatoms. The molecular weight excluding hydrogens is 397 g/mol. The Kier molecular flexibility index (Phi) is 4.22. The molecule has 4 aromatic rings. The minimum Gasteiger partial charge on any atom is -0.399 e. The third-order valence-electron chi connectivity index (χ3n) is 5.04. The molecule has 7 nitrogen and oxygen atoms in total. The van der Waals surface area contributed by atoms with Gasteiger partial charge in [0.25, 0.3) is 5.56 Å². The normalized spacial score (nSPS) is 13.0. The fourth-order valence-electron chi connectivity index (χ4n) is 3.67. The smallest absolute Gasteiger partial charge is 0.266 e. The van der Waals surface area contributed by atoms with Gasteiger partial charge in [-0.25, -0.2) is 9.37 Å². The van der Waals surface area contributed by atoms with Crippen molar-refractivity contribution in [3.63, 3.8) is 0 Å². The zero-order chi connectivity index (χ0) is 21.5. The Labute approximate surface area is 175 Å². The zero-order valence-electron chi connectivity index (χ0n) is 16.3. The molecule has 0 saturated carbocycles. The third kappa shape index (κ3) is 2.91. The molecule has 31 heavy (non-hydrogen) atoms. The van der Waals surface area contributed by atoms with Gasteiger partial charge < -0.3 is 10.2 Å². The van der Waals surface area contributed by atoms with Crippen LogP contribution < -0.4 is 10.9 Å². The molecule has 150 valence electrons. The van der Waals surface area contributed by atoms with Crippen LogP contribution in [-0.2, 0) is 4.84 Å². The van der Waals surface area contributed by atoms with E-state index in [2.05, 4.69) is 16.5 Å². The van der Waals surface area contributed by atoms with Gasteiger partial charge in [-0.15, -0.1) is 0 Å². The van der Waals surface area contributed by atoms with Crippen molar-refractivity contribution in [3.05, 3.63) is 93.8 Å². The highest BCUT2D eigenvalue weighted by atomic mass is 19.1. The highest BCUT2D eigenvalue weighted by Gasteiger charge is 2.30. The first-order chi connectivity index (χ1) is 15.1. The van der Waals surface area contributed by atoms with Crippen molar-refractivity contribution in [1.82, 2.24) is 9.55 Å².